The van der Waals surface area contributed by atoms with Crippen molar-refractivity contribution in [2.75, 3.05) is 25.4 Å². The van der Waals surface area contributed by atoms with E-state index in [0.29, 0.717) is 12.4 Å². The second kappa shape index (κ2) is 8.39. The normalized spacial score (nSPS) is 15.1. The zero-order valence-corrected chi connectivity index (χ0v) is 16.6. The summed E-state index contributed by atoms with van der Waals surface area (Å²) >= 11 is 0. The van der Waals surface area contributed by atoms with E-state index in [0.717, 1.165) is 18.2 Å². The average molecular weight is 427 g/mol. The number of alkyl halides is 3. The molecular weight excluding hydrogens is 406 g/mol. The molecule has 3 rings (SSSR count). The highest BCUT2D eigenvalue weighted by Gasteiger charge is 2.33. The van der Waals surface area contributed by atoms with Crippen LogP contribution < -0.4 is 9.75 Å². The first-order valence-corrected chi connectivity index (χ1v) is 9.13. The largest absolute Gasteiger partial charge is 0.454 e. The lowest BCUT2D eigenvalue weighted by molar-refractivity contribution is -0.137. The molecule has 0 spiro atoms. The predicted molar refractivity (Wildman–Crippen MR) is 101 cm³/mol. The molecule has 6 nitrogen and oxygen atoms in total. The molecule has 0 N–H and O–H groups in total. The standard InChI is InChI=1S/C20H21F4N3O3/c1-13(2)29-19(28)27-12-25(3)11-26(27)15-7-8-18(17(21)10-15)30-16-6-4-5-14(9-16)20(22,23)24/h4-10,13H,11-12H2,1-3H3. The van der Waals surface area contributed by atoms with Gasteiger partial charge >= 0.3 is 12.3 Å². The van der Waals surface area contributed by atoms with E-state index in [1.54, 1.807) is 25.9 Å². The molecule has 1 heterocycles. The van der Waals surface area contributed by atoms with Crippen molar-refractivity contribution in [1.82, 2.24) is 9.91 Å². The number of amides is 1. The molecule has 0 unspecified atom stereocenters. The minimum Gasteiger partial charge on any atom is -0.454 e. The van der Waals surface area contributed by atoms with Gasteiger partial charge in [0.1, 0.15) is 5.75 Å². The second-order valence-corrected chi connectivity index (χ2v) is 7.11. The lowest BCUT2D eigenvalue weighted by Crippen LogP contribution is -2.42. The van der Waals surface area contributed by atoms with Crippen molar-refractivity contribution in [3.05, 3.63) is 53.8 Å². The summed E-state index contributed by atoms with van der Waals surface area (Å²) in [6.45, 7) is 4.03. The van der Waals surface area contributed by atoms with E-state index in [1.807, 2.05) is 4.90 Å². The molecule has 162 valence electrons. The summed E-state index contributed by atoms with van der Waals surface area (Å²) < 4.78 is 63.7. The number of carbonyl (C=O) groups is 1. The topological polar surface area (TPSA) is 45.2 Å². The zero-order chi connectivity index (χ0) is 22.1. The van der Waals surface area contributed by atoms with Crippen LogP contribution in [0.4, 0.5) is 28.0 Å². The highest BCUT2D eigenvalue weighted by Crippen LogP contribution is 2.34. The molecule has 0 aromatic heterocycles. The maximum Gasteiger partial charge on any atom is 0.430 e. The monoisotopic (exact) mass is 427 g/mol. The lowest BCUT2D eigenvalue weighted by Gasteiger charge is -2.28. The molecule has 10 heteroatoms. The Balaban J connectivity index is 1.80. The molecule has 0 bridgehead atoms. The molecule has 0 radical (unpaired) electrons. The molecule has 1 amide bonds. The van der Waals surface area contributed by atoms with Crippen molar-refractivity contribution in [2.24, 2.45) is 0 Å². The van der Waals surface area contributed by atoms with Crippen LogP contribution in [-0.2, 0) is 10.9 Å². The number of benzene rings is 2. The summed E-state index contributed by atoms with van der Waals surface area (Å²) in [7, 11) is 1.79. The summed E-state index contributed by atoms with van der Waals surface area (Å²) in [4.78, 5) is 14.1. The SMILES string of the molecule is CC(C)OC(=O)N1CN(C)CN1c1ccc(Oc2cccc(C(F)(F)F)c2)c(F)c1. The highest BCUT2D eigenvalue weighted by molar-refractivity contribution is 5.71. The van der Waals surface area contributed by atoms with Crippen molar-refractivity contribution in [3.8, 4) is 11.5 Å². The Morgan fingerprint density at radius 3 is 2.47 bits per heavy atom. The van der Waals surface area contributed by atoms with Crippen molar-refractivity contribution < 1.29 is 31.8 Å². The van der Waals surface area contributed by atoms with Gasteiger partial charge in [-0.15, -0.1) is 0 Å². The maximum absolute atomic E-state index is 14.6. The molecule has 1 aliphatic heterocycles. The number of nitrogens with zero attached hydrogens (tertiary/aromatic N) is 3. The predicted octanol–water partition coefficient (Wildman–Crippen LogP) is 5.07. The van der Waals surface area contributed by atoms with E-state index >= 15 is 0 Å². The fraction of sp³-hybridized carbons (Fsp3) is 0.350. The molecule has 0 atom stereocenters. The van der Waals surface area contributed by atoms with Crippen LogP contribution in [0.25, 0.3) is 0 Å². The number of hydrogen-bond donors (Lipinski definition) is 0. The zero-order valence-electron chi connectivity index (χ0n) is 16.6. The van der Waals surface area contributed by atoms with Gasteiger partial charge in [0.25, 0.3) is 0 Å². The van der Waals surface area contributed by atoms with Gasteiger partial charge in [-0.05, 0) is 51.2 Å². The van der Waals surface area contributed by atoms with Gasteiger partial charge in [0.2, 0.25) is 0 Å². The van der Waals surface area contributed by atoms with Crippen LogP contribution in [0.2, 0.25) is 0 Å². The first-order valence-electron chi connectivity index (χ1n) is 9.13. The molecular formula is C20H21F4N3O3. The van der Waals surface area contributed by atoms with Crippen molar-refractivity contribution in [2.45, 2.75) is 26.1 Å². The Kier molecular flexibility index (Phi) is 6.06. The third-order valence-corrected chi connectivity index (χ3v) is 4.19. The lowest BCUT2D eigenvalue weighted by atomic mass is 10.2. The van der Waals surface area contributed by atoms with Gasteiger partial charge in [-0.3, -0.25) is 9.91 Å². The third-order valence-electron chi connectivity index (χ3n) is 4.19. The maximum atomic E-state index is 14.6. The molecule has 1 fully saturated rings. The quantitative estimate of drug-likeness (QED) is 0.638. The van der Waals surface area contributed by atoms with Gasteiger partial charge in [0.15, 0.2) is 11.6 Å². The minimum absolute atomic E-state index is 0.139. The first kappa shape index (κ1) is 21.7. The summed E-state index contributed by atoms with van der Waals surface area (Å²) in [6, 6.07) is 8.16. The fourth-order valence-corrected chi connectivity index (χ4v) is 2.89. The van der Waals surface area contributed by atoms with Crippen molar-refractivity contribution in [3.63, 3.8) is 0 Å². The van der Waals surface area contributed by atoms with Crippen LogP contribution in [0.5, 0.6) is 11.5 Å². The van der Waals surface area contributed by atoms with Gasteiger partial charge in [-0.1, -0.05) is 6.07 Å². The molecule has 0 aliphatic carbocycles. The Bertz CT molecular complexity index is 920. The van der Waals surface area contributed by atoms with E-state index in [9.17, 15) is 22.4 Å². The Labute approximate surface area is 171 Å². The average Bonchev–Trinajstić information content (AvgIpc) is 3.04. The van der Waals surface area contributed by atoms with Gasteiger partial charge in [-0.25, -0.2) is 14.2 Å². The van der Waals surface area contributed by atoms with E-state index in [2.05, 4.69) is 0 Å². The minimum atomic E-state index is -4.53. The number of hydrogen-bond acceptors (Lipinski definition) is 5. The Morgan fingerprint density at radius 2 is 1.83 bits per heavy atom. The number of carbonyl (C=O) groups excluding carboxylic acids is 1. The van der Waals surface area contributed by atoms with E-state index in [1.165, 1.54) is 29.3 Å². The van der Waals surface area contributed by atoms with Crippen LogP contribution in [0, 0.1) is 5.82 Å². The number of hydrazine groups is 1. The van der Waals surface area contributed by atoms with Crippen LogP contribution in [0.15, 0.2) is 42.5 Å². The second-order valence-electron chi connectivity index (χ2n) is 7.11. The summed E-state index contributed by atoms with van der Waals surface area (Å²) in [5.74, 6) is -1.15. The summed E-state index contributed by atoms with van der Waals surface area (Å²) in [5, 5.41) is 2.88. The number of ether oxygens (including phenoxy) is 2. The van der Waals surface area contributed by atoms with Crippen LogP contribution in [0.1, 0.15) is 19.4 Å². The molecule has 30 heavy (non-hydrogen) atoms. The van der Waals surface area contributed by atoms with E-state index in [4.69, 9.17) is 9.47 Å². The van der Waals surface area contributed by atoms with Crippen molar-refractivity contribution in [1.29, 1.82) is 0 Å². The highest BCUT2D eigenvalue weighted by atomic mass is 19.4. The molecule has 0 saturated carbocycles. The van der Waals surface area contributed by atoms with Crippen LogP contribution in [-0.4, -0.2) is 42.5 Å². The molecule has 1 aliphatic rings. The van der Waals surface area contributed by atoms with E-state index in [-0.39, 0.29) is 24.3 Å². The number of rotatable bonds is 4. The van der Waals surface area contributed by atoms with Gasteiger partial charge in [0, 0.05) is 6.07 Å². The first-order chi connectivity index (χ1) is 14.0. The fourth-order valence-electron chi connectivity index (χ4n) is 2.89. The van der Waals surface area contributed by atoms with Gasteiger partial charge < -0.3 is 9.47 Å². The van der Waals surface area contributed by atoms with Gasteiger partial charge in [-0.2, -0.15) is 13.2 Å². The number of anilines is 1. The Morgan fingerprint density at radius 1 is 1.10 bits per heavy atom. The molecule has 1 saturated heterocycles. The van der Waals surface area contributed by atoms with E-state index < -0.39 is 23.7 Å². The van der Waals surface area contributed by atoms with Crippen LogP contribution in [0.3, 0.4) is 0 Å². The third kappa shape index (κ3) is 4.93. The van der Waals surface area contributed by atoms with Crippen molar-refractivity contribution >= 4 is 11.8 Å². The van der Waals surface area contributed by atoms with Gasteiger partial charge in [0.05, 0.1) is 30.7 Å². The summed E-state index contributed by atoms with van der Waals surface area (Å²) in [5.41, 5.74) is -0.523. The van der Waals surface area contributed by atoms with Crippen LogP contribution >= 0.6 is 0 Å². The number of halogens is 4. The molecule has 2 aromatic rings. The molecule has 2 aromatic carbocycles. The summed E-state index contributed by atoms with van der Waals surface area (Å²) in [6.07, 6.45) is -5.42. The smallest absolute Gasteiger partial charge is 0.430 e. The Hall–Kier alpha value is -3.01.